The van der Waals surface area contributed by atoms with Gasteiger partial charge in [-0.3, -0.25) is 0 Å². The maximum absolute atomic E-state index is 5.55. The zero-order chi connectivity index (χ0) is 14.9. The van der Waals surface area contributed by atoms with Crippen LogP contribution in [0.2, 0.25) is 0 Å². The first-order valence-electron chi connectivity index (χ1n) is 6.81. The molecule has 0 amide bonds. The van der Waals surface area contributed by atoms with Gasteiger partial charge in [0.25, 0.3) is 0 Å². The van der Waals surface area contributed by atoms with Crippen LogP contribution < -0.4 is 0 Å². The van der Waals surface area contributed by atoms with Crippen molar-refractivity contribution in [3.05, 3.63) is 71.8 Å². The van der Waals surface area contributed by atoms with Gasteiger partial charge in [0.1, 0.15) is 0 Å². The fourth-order valence-corrected chi connectivity index (χ4v) is 2.86. The molecule has 2 aromatic carbocycles. The summed E-state index contributed by atoms with van der Waals surface area (Å²) in [6, 6.07) is 20.4. The molecule has 0 bridgehead atoms. The maximum atomic E-state index is 5.55. The molecule has 0 aromatic heterocycles. The van der Waals surface area contributed by atoms with Crippen molar-refractivity contribution in [3.8, 4) is 0 Å². The Labute approximate surface area is 143 Å². The van der Waals surface area contributed by atoms with E-state index in [1.54, 1.807) is 0 Å². The third-order valence-electron chi connectivity index (χ3n) is 3.02. The summed E-state index contributed by atoms with van der Waals surface area (Å²) in [5, 5.41) is 0. The molecule has 0 fully saturated rings. The van der Waals surface area contributed by atoms with Crippen molar-refractivity contribution in [2.24, 2.45) is 0 Å². The summed E-state index contributed by atoms with van der Waals surface area (Å²) in [6.45, 7) is 1.17. The molecule has 0 spiro atoms. The number of hydrogen-bond donors (Lipinski definition) is 0. The van der Waals surface area contributed by atoms with E-state index in [0.29, 0.717) is 20.9 Å². The second kappa shape index (κ2) is 9.41. The molecular formula is C16H17BBr2O2. The van der Waals surface area contributed by atoms with Gasteiger partial charge >= 0.3 is 7.69 Å². The molecule has 2 rings (SSSR count). The molecule has 21 heavy (non-hydrogen) atoms. The van der Waals surface area contributed by atoms with Crippen LogP contribution in [0.5, 0.6) is 0 Å². The highest BCUT2D eigenvalue weighted by Crippen LogP contribution is 2.23. The van der Waals surface area contributed by atoms with Gasteiger partial charge in [-0.1, -0.05) is 92.5 Å². The number of alkyl halides is 2. The summed E-state index contributed by atoms with van der Waals surface area (Å²) in [5.74, 6) is 0. The molecule has 110 valence electrons. The van der Waals surface area contributed by atoms with E-state index in [-0.39, 0.29) is 9.65 Å². The van der Waals surface area contributed by atoms with Crippen LogP contribution in [0.1, 0.15) is 20.8 Å². The topological polar surface area (TPSA) is 18.5 Å². The van der Waals surface area contributed by atoms with Gasteiger partial charge in [0, 0.05) is 13.2 Å². The van der Waals surface area contributed by atoms with Crippen LogP contribution in [0, 0.1) is 0 Å². The molecule has 0 saturated carbocycles. The molecule has 0 aliphatic carbocycles. The molecule has 0 radical (unpaired) electrons. The van der Waals surface area contributed by atoms with Crippen LogP contribution in [-0.2, 0) is 9.31 Å². The molecule has 2 nitrogen and oxygen atoms in total. The summed E-state index contributed by atoms with van der Waals surface area (Å²) in [7, 11) is 0.296. The van der Waals surface area contributed by atoms with Crippen molar-refractivity contribution < 1.29 is 9.31 Å². The van der Waals surface area contributed by atoms with Gasteiger partial charge in [0.05, 0.1) is 9.65 Å². The quantitative estimate of drug-likeness (QED) is 0.360. The van der Waals surface area contributed by atoms with Crippen LogP contribution in [-0.4, -0.2) is 20.9 Å². The SMILES string of the molecule is BrC(COBOCC(Br)c1ccccc1)c1ccccc1. The van der Waals surface area contributed by atoms with Gasteiger partial charge in [-0.25, -0.2) is 0 Å². The molecular weight excluding hydrogens is 395 g/mol. The van der Waals surface area contributed by atoms with Crippen molar-refractivity contribution in [3.63, 3.8) is 0 Å². The monoisotopic (exact) mass is 410 g/mol. The summed E-state index contributed by atoms with van der Waals surface area (Å²) >= 11 is 7.23. The Balaban J connectivity index is 1.62. The highest BCUT2D eigenvalue weighted by molar-refractivity contribution is 9.09. The van der Waals surface area contributed by atoms with Gasteiger partial charge in [0.15, 0.2) is 0 Å². The van der Waals surface area contributed by atoms with Crippen molar-refractivity contribution in [1.82, 2.24) is 0 Å². The second-order valence-corrected chi connectivity index (χ2v) is 6.83. The summed E-state index contributed by atoms with van der Waals surface area (Å²) < 4.78 is 11.1. The third-order valence-corrected chi connectivity index (χ3v) is 4.60. The Morgan fingerprint density at radius 2 is 1.10 bits per heavy atom. The van der Waals surface area contributed by atoms with Crippen LogP contribution in [0.4, 0.5) is 0 Å². The van der Waals surface area contributed by atoms with E-state index in [1.807, 2.05) is 36.4 Å². The predicted octanol–water partition coefficient (Wildman–Crippen LogP) is 4.56. The first-order chi connectivity index (χ1) is 10.3. The third kappa shape index (κ3) is 5.95. The molecule has 0 aliphatic heterocycles. The smallest absolute Gasteiger partial charge is 0.412 e. The molecule has 2 aromatic rings. The van der Waals surface area contributed by atoms with Crippen LogP contribution >= 0.6 is 31.9 Å². The van der Waals surface area contributed by atoms with Crippen molar-refractivity contribution in [1.29, 1.82) is 0 Å². The van der Waals surface area contributed by atoms with E-state index >= 15 is 0 Å². The van der Waals surface area contributed by atoms with Crippen LogP contribution in [0.3, 0.4) is 0 Å². The minimum atomic E-state index is 0.191. The Morgan fingerprint density at radius 1 is 0.714 bits per heavy atom. The predicted molar refractivity (Wildman–Crippen MR) is 95.3 cm³/mol. The average Bonchev–Trinajstić information content (AvgIpc) is 2.55. The standard InChI is InChI=1S/C16H17BBr2O2/c18-15(13-7-3-1-4-8-13)11-20-17-21-12-16(19)14-9-5-2-6-10-14/h1-10,15-17H,11-12H2. The summed E-state index contributed by atoms with van der Waals surface area (Å²) in [5.41, 5.74) is 2.42. The minimum absolute atomic E-state index is 0.191. The Bertz CT molecular complexity index is 463. The van der Waals surface area contributed by atoms with Crippen molar-refractivity contribution >= 4 is 39.5 Å². The fraction of sp³-hybridized carbons (Fsp3) is 0.250. The van der Waals surface area contributed by atoms with E-state index in [9.17, 15) is 0 Å². The minimum Gasteiger partial charge on any atom is -0.412 e. The lowest BCUT2D eigenvalue weighted by molar-refractivity contribution is 0.224. The highest BCUT2D eigenvalue weighted by atomic mass is 79.9. The van der Waals surface area contributed by atoms with Gasteiger partial charge in [-0.2, -0.15) is 0 Å². The van der Waals surface area contributed by atoms with Crippen LogP contribution in [0.15, 0.2) is 60.7 Å². The number of benzene rings is 2. The normalized spacial score (nSPS) is 13.6. The molecule has 0 heterocycles. The van der Waals surface area contributed by atoms with Crippen molar-refractivity contribution in [2.45, 2.75) is 9.65 Å². The number of rotatable bonds is 8. The maximum Gasteiger partial charge on any atom is 0.438 e. The lowest BCUT2D eigenvalue weighted by Crippen LogP contribution is -2.12. The number of hydrogen-bond acceptors (Lipinski definition) is 2. The van der Waals surface area contributed by atoms with E-state index in [1.165, 1.54) is 11.1 Å². The highest BCUT2D eigenvalue weighted by Gasteiger charge is 2.09. The van der Waals surface area contributed by atoms with Crippen molar-refractivity contribution in [2.75, 3.05) is 13.2 Å². The summed E-state index contributed by atoms with van der Waals surface area (Å²) in [6.07, 6.45) is 0. The zero-order valence-electron chi connectivity index (χ0n) is 11.6. The molecule has 5 heteroatoms. The van der Waals surface area contributed by atoms with E-state index < -0.39 is 0 Å². The second-order valence-electron chi connectivity index (χ2n) is 4.62. The Kier molecular flexibility index (Phi) is 7.51. The number of halogens is 2. The first-order valence-corrected chi connectivity index (χ1v) is 8.64. The lowest BCUT2D eigenvalue weighted by Gasteiger charge is -2.13. The Hall–Kier alpha value is -0.615. The largest absolute Gasteiger partial charge is 0.438 e. The van der Waals surface area contributed by atoms with E-state index in [4.69, 9.17) is 9.31 Å². The van der Waals surface area contributed by atoms with Gasteiger partial charge in [-0.15, -0.1) is 0 Å². The summed E-state index contributed by atoms with van der Waals surface area (Å²) in [4.78, 5) is 0.382. The molecule has 2 unspecified atom stereocenters. The fourth-order valence-electron chi connectivity index (χ4n) is 1.88. The average molecular weight is 412 g/mol. The molecule has 0 saturated heterocycles. The molecule has 2 atom stereocenters. The van der Waals surface area contributed by atoms with Gasteiger partial charge in [-0.05, 0) is 11.1 Å². The van der Waals surface area contributed by atoms with E-state index in [0.717, 1.165) is 0 Å². The first kappa shape index (κ1) is 16.8. The molecule has 0 N–H and O–H groups in total. The van der Waals surface area contributed by atoms with Crippen LogP contribution in [0.25, 0.3) is 0 Å². The van der Waals surface area contributed by atoms with Gasteiger partial charge in [0.2, 0.25) is 0 Å². The zero-order valence-corrected chi connectivity index (χ0v) is 14.8. The molecule has 0 aliphatic rings. The Morgan fingerprint density at radius 3 is 1.48 bits per heavy atom. The lowest BCUT2D eigenvalue weighted by atomic mass is 10.1. The van der Waals surface area contributed by atoms with E-state index in [2.05, 4.69) is 56.1 Å². The van der Waals surface area contributed by atoms with Gasteiger partial charge < -0.3 is 9.31 Å².